The molecule has 0 aromatic heterocycles. The molecule has 182 valence electrons. The summed E-state index contributed by atoms with van der Waals surface area (Å²) in [6.07, 6.45) is 26.7. The van der Waals surface area contributed by atoms with E-state index in [-0.39, 0.29) is 0 Å². The highest BCUT2D eigenvalue weighted by molar-refractivity contribution is 8.00. The van der Waals surface area contributed by atoms with Gasteiger partial charge in [0.25, 0.3) is 0 Å². The normalized spacial score (nSPS) is 11.6. The lowest BCUT2D eigenvalue weighted by molar-refractivity contribution is 0.462. The summed E-state index contributed by atoms with van der Waals surface area (Å²) in [6, 6.07) is 0. The van der Waals surface area contributed by atoms with Crippen LogP contribution in [0.3, 0.4) is 0 Å². The molecule has 0 aromatic carbocycles. The first kappa shape index (κ1) is 30.9. The SMILES string of the molecule is CCCCCCCCCCCCSO[PH](=O)OSCCCCCCCCCCCC. The van der Waals surface area contributed by atoms with E-state index in [2.05, 4.69) is 13.8 Å². The zero-order valence-electron chi connectivity index (χ0n) is 20.1. The van der Waals surface area contributed by atoms with Crippen molar-refractivity contribution in [2.75, 3.05) is 11.5 Å². The van der Waals surface area contributed by atoms with Crippen molar-refractivity contribution in [1.82, 2.24) is 0 Å². The van der Waals surface area contributed by atoms with Crippen molar-refractivity contribution in [1.29, 1.82) is 0 Å². The fourth-order valence-electron chi connectivity index (χ4n) is 3.49. The van der Waals surface area contributed by atoms with Gasteiger partial charge in [0.05, 0.1) is 0 Å². The zero-order chi connectivity index (χ0) is 22.0. The van der Waals surface area contributed by atoms with Crippen molar-refractivity contribution in [3.05, 3.63) is 0 Å². The van der Waals surface area contributed by atoms with E-state index in [9.17, 15) is 4.57 Å². The number of hydrogen-bond acceptors (Lipinski definition) is 5. The Morgan fingerprint density at radius 3 is 1.03 bits per heavy atom. The second kappa shape index (κ2) is 27.9. The highest BCUT2D eigenvalue weighted by Gasteiger charge is 2.02. The van der Waals surface area contributed by atoms with Crippen LogP contribution in [0.15, 0.2) is 0 Å². The molecule has 0 saturated carbocycles. The van der Waals surface area contributed by atoms with Gasteiger partial charge in [0.15, 0.2) is 0 Å². The van der Waals surface area contributed by atoms with E-state index in [0.29, 0.717) is 0 Å². The molecule has 0 amide bonds. The van der Waals surface area contributed by atoms with Crippen molar-refractivity contribution in [2.24, 2.45) is 0 Å². The van der Waals surface area contributed by atoms with Gasteiger partial charge in [-0.15, -0.1) is 0 Å². The largest absolute Gasteiger partial charge is 0.341 e. The third-order valence-corrected chi connectivity index (χ3v) is 8.36. The van der Waals surface area contributed by atoms with Crippen molar-refractivity contribution in [2.45, 2.75) is 142 Å². The van der Waals surface area contributed by atoms with E-state index in [1.165, 1.54) is 140 Å². The summed E-state index contributed by atoms with van der Waals surface area (Å²) < 4.78 is 22.2. The molecule has 0 saturated heterocycles. The van der Waals surface area contributed by atoms with Gasteiger partial charge in [-0.2, -0.15) is 0 Å². The van der Waals surface area contributed by atoms with Gasteiger partial charge in [0.1, 0.15) is 0 Å². The minimum absolute atomic E-state index is 0.916. The van der Waals surface area contributed by atoms with E-state index in [4.69, 9.17) is 7.94 Å². The van der Waals surface area contributed by atoms with Gasteiger partial charge >= 0.3 is 8.25 Å². The molecule has 0 fully saturated rings. The minimum atomic E-state index is -2.34. The fourth-order valence-corrected chi connectivity index (χ4v) is 5.93. The summed E-state index contributed by atoms with van der Waals surface area (Å²) in [6.45, 7) is 4.53. The molecule has 30 heavy (non-hydrogen) atoms. The minimum Gasteiger partial charge on any atom is -0.261 e. The van der Waals surface area contributed by atoms with Gasteiger partial charge < -0.3 is 0 Å². The smallest absolute Gasteiger partial charge is 0.261 e. The Kier molecular flexibility index (Phi) is 28.7. The Bertz CT molecular complexity index is 316. The van der Waals surface area contributed by atoms with Crippen LogP contribution in [0.2, 0.25) is 0 Å². The van der Waals surface area contributed by atoms with E-state index in [1.807, 2.05) is 0 Å². The summed E-state index contributed by atoms with van der Waals surface area (Å²) >= 11 is 2.63. The van der Waals surface area contributed by atoms with E-state index in [0.717, 1.165) is 24.3 Å². The maximum absolute atomic E-state index is 11.7. The summed E-state index contributed by atoms with van der Waals surface area (Å²) in [5, 5.41) is 0. The monoisotopic (exact) mass is 482 g/mol. The molecule has 0 aliphatic heterocycles. The lowest BCUT2D eigenvalue weighted by Crippen LogP contribution is -1.85. The van der Waals surface area contributed by atoms with Crippen LogP contribution in [-0.4, -0.2) is 11.5 Å². The summed E-state index contributed by atoms with van der Waals surface area (Å²) in [5.41, 5.74) is 0. The second-order valence-electron chi connectivity index (χ2n) is 8.42. The summed E-state index contributed by atoms with van der Waals surface area (Å²) in [4.78, 5) is 0. The molecule has 0 N–H and O–H groups in total. The van der Waals surface area contributed by atoms with E-state index >= 15 is 0 Å². The first-order chi connectivity index (χ1) is 14.8. The molecule has 0 atom stereocenters. The molecule has 0 aliphatic rings. The van der Waals surface area contributed by atoms with Crippen LogP contribution >= 0.6 is 32.3 Å². The molecule has 6 heteroatoms. The molecule has 0 heterocycles. The number of hydrogen-bond donors (Lipinski definition) is 0. The third kappa shape index (κ3) is 26.9. The van der Waals surface area contributed by atoms with Gasteiger partial charge in [-0.05, 0) is 12.8 Å². The molecule has 0 bridgehead atoms. The quantitative estimate of drug-likeness (QED) is 0.0696. The molecule has 0 unspecified atom stereocenters. The Balaban J connectivity index is 3.14. The van der Waals surface area contributed by atoms with E-state index in [1.54, 1.807) is 0 Å². The average Bonchev–Trinajstić information content (AvgIpc) is 2.75. The van der Waals surface area contributed by atoms with Crippen LogP contribution in [0.4, 0.5) is 0 Å². The number of rotatable bonds is 26. The molecule has 0 aromatic rings. The van der Waals surface area contributed by atoms with Crippen molar-refractivity contribution < 1.29 is 12.5 Å². The Morgan fingerprint density at radius 1 is 0.467 bits per heavy atom. The number of unbranched alkanes of at least 4 members (excludes halogenated alkanes) is 18. The molecule has 0 radical (unpaired) electrons. The predicted octanol–water partition coefficient (Wildman–Crippen LogP) is 10.5. The highest BCUT2D eigenvalue weighted by atomic mass is 32.2. The Labute approximate surface area is 198 Å². The van der Waals surface area contributed by atoms with Gasteiger partial charge in [-0.25, -0.2) is 7.94 Å². The highest BCUT2D eigenvalue weighted by Crippen LogP contribution is 2.35. The predicted molar refractivity (Wildman–Crippen MR) is 140 cm³/mol. The molecule has 0 spiro atoms. The lowest BCUT2D eigenvalue weighted by atomic mass is 10.1. The molecular formula is C24H51O3PS2. The Hall–Kier alpha value is 0.850. The summed E-state index contributed by atoms with van der Waals surface area (Å²) in [7, 11) is -2.34. The average molecular weight is 483 g/mol. The van der Waals surface area contributed by atoms with Crippen LogP contribution in [-0.2, 0) is 12.5 Å². The molecular weight excluding hydrogens is 431 g/mol. The van der Waals surface area contributed by atoms with Gasteiger partial charge in [-0.1, -0.05) is 129 Å². The Morgan fingerprint density at radius 2 is 0.733 bits per heavy atom. The second-order valence-corrected chi connectivity index (χ2v) is 11.5. The third-order valence-electron chi connectivity index (χ3n) is 5.42. The fraction of sp³-hybridized carbons (Fsp3) is 1.00. The van der Waals surface area contributed by atoms with Crippen LogP contribution in [0.25, 0.3) is 0 Å². The first-order valence-electron chi connectivity index (χ1n) is 12.9. The molecule has 3 nitrogen and oxygen atoms in total. The molecule has 0 aliphatic carbocycles. The van der Waals surface area contributed by atoms with Crippen molar-refractivity contribution in [3.8, 4) is 0 Å². The van der Waals surface area contributed by atoms with Gasteiger partial charge in [0.2, 0.25) is 0 Å². The maximum Gasteiger partial charge on any atom is 0.341 e. The van der Waals surface area contributed by atoms with Crippen LogP contribution < -0.4 is 0 Å². The van der Waals surface area contributed by atoms with Gasteiger partial charge in [-0.3, -0.25) is 4.57 Å². The molecule has 0 rings (SSSR count). The van der Waals surface area contributed by atoms with Crippen LogP contribution in [0.5, 0.6) is 0 Å². The van der Waals surface area contributed by atoms with Crippen molar-refractivity contribution in [3.63, 3.8) is 0 Å². The summed E-state index contributed by atoms with van der Waals surface area (Å²) in [5.74, 6) is 1.83. The van der Waals surface area contributed by atoms with Crippen molar-refractivity contribution >= 4 is 32.3 Å². The lowest BCUT2D eigenvalue weighted by Gasteiger charge is -2.05. The van der Waals surface area contributed by atoms with Crippen LogP contribution in [0, 0.1) is 0 Å². The topological polar surface area (TPSA) is 35.5 Å². The van der Waals surface area contributed by atoms with Crippen LogP contribution in [0.1, 0.15) is 142 Å². The standard InChI is InChI=1S/C24H51O3PS2/c1-3-5-7-9-11-13-15-17-19-21-23-29-26-28(25)27-30-24-22-20-18-16-14-12-10-8-6-4-2/h28H,3-24H2,1-2H3. The zero-order valence-corrected chi connectivity index (χ0v) is 22.7. The van der Waals surface area contributed by atoms with Gasteiger partial charge in [0, 0.05) is 35.6 Å². The first-order valence-corrected chi connectivity index (χ1v) is 16.0. The maximum atomic E-state index is 11.7. The van der Waals surface area contributed by atoms with E-state index < -0.39 is 8.25 Å².